The molecule has 0 aliphatic heterocycles. The maximum absolute atomic E-state index is 11.8. The number of hydrogen-bond donors (Lipinski definition) is 2. The molecular formula is C13H24N2O. The van der Waals surface area contributed by atoms with E-state index >= 15 is 0 Å². The molecule has 0 aromatic rings. The number of rotatable bonds is 4. The summed E-state index contributed by atoms with van der Waals surface area (Å²) in [6, 6.07) is 0.773. The second-order valence-corrected chi connectivity index (χ2v) is 5.83. The Balaban J connectivity index is 1.79. The van der Waals surface area contributed by atoms with Gasteiger partial charge < -0.3 is 10.6 Å². The van der Waals surface area contributed by atoms with Crippen molar-refractivity contribution < 1.29 is 4.79 Å². The van der Waals surface area contributed by atoms with E-state index in [0.29, 0.717) is 6.04 Å². The van der Waals surface area contributed by atoms with Crippen LogP contribution in [0.5, 0.6) is 0 Å². The summed E-state index contributed by atoms with van der Waals surface area (Å²) in [5, 5.41) is 6.46. The number of nitrogens with one attached hydrogen (secondary N) is 2. The molecule has 4 unspecified atom stereocenters. The molecule has 2 N–H and O–H groups in total. The topological polar surface area (TPSA) is 41.1 Å². The Bertz CT molecular complexity index is 265. The van der Waals surface area contributed by atoms with Gasteiger partial charge >= 0.3 is 0 Å². The van der Waals surface area contributed by atoms with Crippen LogP contribution in [0, 0.1) is 11.8 Å². The van der Waals surface area contributed by atoms with Crippen molar-refractivity contribution in [3.8, 4) is 0 Å². The zero-order valence-electron chi connectivity index (χ0n) is 10.6. The van der Waals surface area contributed by atoms with Crippen molar-refractivity contribution in [3.05, 3.63) is 0 Å². The smallest absolute Gasteiger partial charge is 0.237 e. The lowest BCUT2D eigenvalue weighted by atomic mass is 9.95. The second kappa shape index (κ2) is 4.74. The maximum Gasteiger partial charge on any atom is 0.237 e. The first-order valence-electron chi connectivity index (χ1n) is 6.62. The van der Waals surface area contributed by atoms with Gasteiger partial charge in [0.1, 0.15) is 0 Å². The minimum atomic E-state index is -0.0493. The van der Waals surface area contributed by atoms with Gasteiger partial charge in [-0.15, -0.1) is 0 Å². The van der Waals surface area contributed by atoms with Crippen molar-refractivity contribution in [2.45, 2.75) is 64.6 Å². The Labute approximate surface area is 98.4 Å². The number of amides is 1. The summed E-state index contributed by atoms with van der Waals surface area (Å²) in [4.78, 5) is 11.8. The standard InChI is InChI=1S/C13H24N2O/c1-8(2)14-13(16)9(3)15-12-7-10-4-5-11(12)6-10/h8-12,15H,4-7H2,1-3H3,(H,14,16). The molecule has 16 heavy (non-hydrogen) atoms. The quantitative estimate of drug-likeness (QED) is 0.763. The molecule has 92 valence electrons. The Hall–Kier alpha value is -0.570. The molecule has 0 saturated heterocycles. The number of carbonyl (C=O) groups is 1. The molecule has 2 aliphatic rings. The Kier molecular flexibility index (Phi) is 3.53. The highest BCUT2D eigenvalue weighted by Crippen LogP contribution is 2.44. The number of hydrogen-bond acceptors (Lipinski definition) is 2. The Morgan fingerprint density at radius 2 is 1.94 bits per heavy atom. The molecule has 2 saturated carbocycles. The van der Waals surface area contributed by atoms with E-state index in [-0.39, 0.29) is 18.0 Å². The second-order valence-electron chi connectivity index (χ2n) is 5.83. The first kappa shape index (κ1) is 11.9. The largest absolute Gasteiger partial charge is 0.353 e. The highest BCUT2D eigenvalue weighted by molar-refractivity contribution is 5.81. The minimum absolute atomic E-state index is 0.0493. The molecule has 0 heterocycles. The molecule has 4 atom stereocenters. The van der Waals surface area contributed by atoms with Gasteiger partial charge in [0.2, 0.25) is 5.91 Å². The summed E-state index contributed by atoms with van der Waals surface area (Å²) in [6.45, 7) is 5.98. The summed E-state index contributed by atoms with van der Waals surface area (Å²) < 4.78 is 0. The van der Waals surface area contributed by atoms with Crippen molar-refractivity contribution in [1.29, 1.82) is 0 Å². The Morgan fingerprint density at radius 1 is 1.19 bits per heavy atom. The van der Waals surface area contributed by atoms with Gasteiger partial charge in [-0.25, -0.2) is 0 Å². The van der Waals surface area contributed by atoms with Gasteiger partial charge in [0, 0.05) is 12.1 Å². The molecule has 0 aromatic heterocycles. The number of carbonyl (C=O) groups excluding carboxylic acids is 1. The van der Waals surface area contributed by atoms with Crippen LogP contribution >= 0.6 is 0 Å². The first-order chi connectivity index (χ1) is 7.56. The predicted octanol–water partition coefficient (Wildman–Crippen LogP) is 1.68. The van der Waals surface area contributed by atoms with E-state index in [1.807, 2.05) is 20.8 Å². The average Bonchev–Trinajstić information content (AvgIpc) is 2.77. The van der Waals surface area contributed by atoms with Gasteiger partial charge in [-0.3, -0.25) is 4.79 Å². The summed E-state index contributed by atoms with van der Waals surface area (Å²) in [5.41, 5.74) is 0. The predicted molar refractivity (Wildman–Crippen MR) is 65.1 cm³/mol. The zero-order chi connectivity index (χ0) is 11.7. The van der Waals surface area contributed by atoms with Crippen LogP contribution < -0.4 is 10.6 Å². The highest BCUT2D eigenvalue weighted by Gasteiger charge is 2.40. The highest BCUT2D eigenvalue weighted by atomic mass is 16.2. The molecule has 3 heteroatoms. The van der Waals surface area contributed by atoms with E-state index < -0.39 is 0 Å². The summed E-state index contributed by atoms with van der Waals surface area (Å²) in [6.07, 6.45) is 5.44. The minimum Gasteiger partial charge on any atom is -0.353 e. The van der Waals surface area contributed by atoms with Crippen LogP contribution in [0.1, 0.15) is 46.5 Å². The molecule has 0 aromatic carbocycles. The van der Waals surface area contributed by atoms with Gasteiger partial charge in [-0.2, -0.15) is 0 Å². The fourth-order valence-corrected chi connectivity index (χ4v) is 3.26. The van der Waals surface area contributed by atoms with E-state index in [2.05, 4.69) is 10.6 Å². The van der Waals surface area contributed by atoms with E-state index in [0.717, 1.165) is 11.8 Å². The van der Waals surface area contributed by atoms with Crippen LogP contribution in [0.4, 0.5) is 0 Å². The van der Waals surface area contributed by atoms with Crippen LogP contribution in [-0.4, -0.2) is 24.0 Å². The van der Waals surface area contributed by atoms with Crippen LogP contribution in [-0.2, 0) is 4.79 Å². The van der Waals surface area contributed by atoms with E-state index in [4.69, 9.17) is 0 Å². The monoisotopic (exact) mass is 224 g/mol. The average molecular weight is 224 g/mol. The van der Waals surface area contributed by atoms with Crippen LogP contribution in [0.3, 0.4) is 0 Å². The molecule has 2 bridgehead atoms. The fraction of sp³-hybridized carbons (Fsp3) is 0.923. The summed E-state index contributed by atoms with van der Waals surface area (Å²) >= 11 is 0. The molecule has 3 nitrogen and oxygen atoms in total. The lowest BCUT2D eigenvalue weighted by Crippen LogP contribution is -2.49. The van der Waals surface area contributed by atoms with Gasteiger partial charge in [-0.1, -0.05) is 6.42 Å². The van der Waals surface area contributed by atoms with Crippen LogP contribution in [0.15, 0.2) is 0 Å². The van der Waals surface area contributed by atoms with Crippen LogP contribution in [0.25, 0.3) is 0 Å². The maximum atomic E-state index is 11.8. The van der Waals surface area contributed by atoms with Gasteiger partial charge in [-0.05, 0) is 51.9 Å². The molecular weight excluding hydrogens is 200 g/mol. The van der Waals surface area contributed by atoms with Crippen LogP contribution in [0.2, 0.25) is 0 Å². The van der Waals surface area contributed by atoms with Crippen molar-refractivity contribution in [3.63, 3.8) is 0 Å². The molecule has 0 spiro atoms. The first-order valence-corrected chi connectivity index (χ1v) is 6.62. The number of fused-ring (bicyclic) bond motifs is 2. The SMILES string of the molecule is CC(C)NC(=O)C(C)NC1CC2CCC1C2. The lowest BCUT2D eigenvalue weighted by Gasteiger charge is -2.26. The third kappa shape index (κ3) is 2.57. The Morgan fingerprint density at radius 3 is 2.44 bits per heavy atom. The zero-order valence-corrected chi connectivity index (χ0v) is 10.6. The normalized spacial score (nSPS) is 34.4. The van der Waals surface area contributed by atoms with Gasteiger partial charge in [0.15, 0.2) is 0 Å². The third-order valence-electron chi connectivity index (χ3n) is 4.03. The lowest BCUT2D eigenvalue weighted by molar-refractivity contribution is -0.123. The van der Waals surface area contributed by atoms with Gasteiger partial charge in [0.25, 0.3) is 0 Å². The fourth-order valence-electron chi connectivity index (χ4n) is 3.26. The van der Waals surface area contributed by atoms with E-state index in [9.17, 15) is 4.79 Å². The van der Waals surface area contributed by atoms with Crippen molar-refractivity contribution in [2.24, 2.45) is 11.8 Å². The molecule has 0 radical (unpaired) electrons. The van der Waals surface area contributed by atoms with Crippen molar-refractivity contribution in [2.75, 3.05) is 0 Å². The summed E-state index contributed by atoms with van der Waals surface area (Å²) in [5.74, 6) is 1.90. The summed E-state index contributed by atoms with van der Waals surface area (Å²) in [7, 11) is 0. The molecule has 1 amide bonds. The molecule has 2 aliphatic carbocycles. The molecule has 2 rings (SSSR count). The van der Waals surface area contributed by atoms with Crippen molar-refractivity contribution in [1.82, 2.24) is 10.6 Å². The van der Waals surface area contributed by atoms with Crippen molar-refractivity contribution >= 4 is 5.91 Å². The van der Waals surface area contributed by atoms with Gasteiger partial charge in [0.05, 0.1) is 6.04 Å². The third-order valence-corrected chi connectivity index (χ3v) is 4.03. The van der Waals surface area contributed by atoms with E-state index in [1.54, 1.807) is 0 Å². The molecule has 2 fully saturated rings. The van der Waals surface area contributed by atoms with E-state index in [1.165, 1.54) is 25.7 Å².